The van der Waals surface area contributed by atoms with Crippen LogP contribution in [0.15, 0.2) is 0 Å². The van der Waals surface area contributed by atoms with E-state index >= 15 is 0 Å². The molecular weight excluding hydrogens is 292 g/mol. The summed E-state index contributed by atoms with van der Waals surface area (Å²) < 4.78 is 19.2. The van der Waals surface area contributed by atoms with Crippen LogP contribution in [0.5, 0.6) is 0 Å². The lowest BCUT2D eigenvalue weighted by atomic mass is 10.3. The Hall–Kier alpha value is -1.34. The normalized spacial score (nSPS) is 13.2. The van der Waals surface area contributed by atoms with Crippen molar-refractivity contribution in [3.63, 3.8) is 0 Å². The standard InChI is InChI=1S/C12H19ClO7/c1-8(11(15)18-7-6-17-5-4-13)20-12(16)9(2)19-10(3)14/h8-9H,4-7H2,1-3H3/t8-,9+/m0/s1. The average Bonchev–Trinajstić information content (AvgIpc) is 2.37. The molecule has 0 aliphatic carbocycles. The zero-order valence-electron chi connectivity index (χ0n) is 11.7. The summed E-state index contributed by atoms with van der Waals surface area (Å²) in [5.41, 5.74) is 0. The number of alkyl halides is 1. The lowest BCUT2D eigenvalue weighted by molar-refractivity contribution is -0.176. The van der Waals surface area contributed by atoms with Gasteiger partial charge in [-0.25, -0.2) is 9.59 Å². The number of hydrogen-bond acceptors (Lipinski definition) is 7. The van der Waals surface area contributed by atoms with Crippen LogP contribution >= 0.6 is 11.6 Å². The highest BCUT2D eigenvalue weighted by Crippen LogP contribution is 2.01. The fourth-order valence-electron chi connectivity index (χ4n) is 1.09. The largest absolute Gasteiger partial charge is 0.461 e. The summed E-state index contributed by atoms with van der Waals surface area (Å²) in [6.45, 7) is 4.49. The van der Waals surface area contributed by atoms with Crippen molar-refractivity contribution in [3.8, 4) is 0 Å². The van der Waals surface area contributed by atoms with Gasteiger partial charge in [0.05, 0.1) is 13.2 Å². The number of halogens is 1. The lowest BCUT2D eigenvalue weighted by Crippen LogP contribution is -2.33. The highest BCUT2D eigenvalue weighted by molar-refractivity contribution is 6.17. The molecule has 0 spiro atoms. The summed E-state index contributed by atoms with van der Waals surface area (Å²) in [5.74, 6) is -1.78. The van der Waals surface area contributed by atoms with Gasteiger partial charge in [-0.3, -0.25) is 4.79 Å². The maximum Gasteiger partial charge on any atom is 0.347 e. The second kappa shape index (κ2) is 10.4. The molecule has 8 heteroatoms. The second-order valence-electron chi connectivity index (χ2n) is 3.80. The van der Waals surface area contributed by atoms with E-state index in [9.17, 15) is 14.4 Å². The van der Waals surface area contributed by atoms with Gasteiger partial charge in [0.2, 0.25) is 0 Å². The lowest BCUT2D eigenvalue weighted by Gasteiger charge is -2.15. The summed E-state index contributed by atoms with van der Waals surface area (Å²) >= 11 is 5.39. The predicted octanol–water partition coefficient (Wildman–Crippen LogP) is 0.668. The molecule has 0 amide bonds. The van der Waals surface area contributed by atoms with E-state index in [0.717, 1.165) is 0 Å². The van der Waals surface area contributed by atoms with Crippen LogP contribution in [0.4, 0.5) is 0 Å². The SMILES string of the molecule is CC(=O)O[C@H](C)C(=O)O[C@@H](C)C(=O)OCCOCCCl. The molecule has 0 aromatic heterocycles. The second-order valence-corrected chi connectivity index (χ2v) is 4.18. The van der Waals surface area contributed by atoms with Crippen molar-refractivity contribution in [2.45, 2.75) is 33.0 Å². The van der Waals surface area contributed by atoms with E-state index in [1.165, 1.54) is 20.8 Å². The van der Waals surface area contributed by atoms with Gasteiger partial charge in [-0.2, -0.15) is 0 Å². The smallest absolute Gasteiger partial charge is 0.347 e. The fourth-order valence-corrected chi connectivity index (χ4v) is 1.20. The van der Waals surface area contributed by atoms with Gasteiger partial charge in [-0.05, 0) is 13.8 Å². The number of hydrogen-bond donors (Lipinski definition) is 0. The maximum atomic E-state index is 11.5. The predicted molar refractivity (Wildman–Crippen MR) is 69.3 cm³/mol. The Morgan fingerprint density at radius 2 is 1.55 bits per heavy atom. The van der Waals surface area contributed by atoms with Crippen LogP contribution in [-0.2, 0) is 33.3 Å². The zero-order valence-corrected chi connectivity index (χ0v) is 12.5. The fraction of sp³-hybridized carbons (Fsp3) is 0.750. The van der Waals surface area contributed by atoms with E-state index in [-0.39, 0.29) is 13.2 Å². The summed E-state index contributed by atoms with van der Waals surface area (Å²) in [6, 6.07) is 0. The Labute approximate surface area is 122 Å². The van der Waals surface area contributed by atoms with Crippen molar-refractivity contribution in [2.24, 2.45) is 0 Å². The molecule has 7 nitrogen and oxygen atoms in total. The Morgan fingerprint density at radius 1 is 0.950 bits per heavy atom. The van der Waals surface area contributed by atoms with Gasteiger partial charge in [0.15, 0.2) is 12.2 Å². The molecule has 0 bridgehead atoms. The first-order valence-electron chi connectivity index (χ1n) is 6.06. The van der Waals surface area contributed by atoms with E-state index in [4.69, 9.17) is 25.8 Å². The first-order valence-corrected chi connectivity index (χ1v) is 6.60. The number of esters is 3. The van der Waals surface area contributed by atoms with E-state index in [1.807, 2.05) is 0 Å². The molecule has 0 aliphatic rings. The maximum absolute atomic E-state index is 11.5. The minimum Gasteiger partial charge on any atom is -0.461 e. The molecule has 0 saturated heterocycles. The van der Waals surface area contributed by atoms with Gasteiger partial charge in [-0.1, -0.05) is 0 Å². The molecule has 0 heterocycles. The van der Waals surface area contributed by atoms with Gasteiger partial charge in [-0.15, -0.1) is 11.6 Å². The Kier molecular flexibility index (Phi) is 9.75. The molecule has 0 N–H and O–H groups in total. The van der Waals surface area contributed by atoms with Crippen molar-refractivity contribution in [3.05, 3.63) is 0 Å². The summed E-state index contributed by atoms with van der Waals surface area (Å²) in [7, 11) is 0. The van der Waals surface area contributed by atoms with Crippen molar-refractivity contribution in [1.82, 2.24) is 0 Å². The van der Waals surface area contributed by atoms with Gasteiger partial charge >= 0.3 is 17.9 Å². The van der Waals surface area contributed by atoms with Crippen LogP contribution in [0.1, 0.15) is 20.8 Å². The zero-order chi connectivity index (χ0) is 15.5. The molecule has 0 rings (SSSR count). The number of ether oxygens (including phenoxy) is 4. The number of carbonyl (C=O) groups is 3. The molecule has 2 atom stereocenters. The molecule has 0 aromatic rings. The van der Waals surface area contributed by atoms with Crippen molar-refractivity contribution >= 4 is 29.5 Å². The van der Waals surface area contributed by atoms with Gasteiger partial charge in [0, 0.05) is 12.8 Å². The molecule has 116 valence electrons. The van der Waals surface area contributed by atoms with Crippen molar-refractivity contribution in [1.29, 1.82) is 0 Å². The number of carbonyl (C=O) groups excluding carboxylic acids is 3. The molecule has 0 aliphatic heterocycles. The third kappa shape index (κ3) is 8.71. The van der Waals surface area contributed by atoms with Gasteiger partial charge in [0.1, 0.15) is 6.61 Å². The third-order valence-electron chi connectivity index (χ3n) is 1.99. The average molecular weight is 311 g/mol. The minimum atomic E-state index is -1.09. The van der Waals surface area contributed by atoms with Crippen LogP contribution in [0.2, 0.25) is 0 Å². The van der Waals surface area contributed by atoms with Gasteiger partial charge < -0.3 is 18.9 Å². The quantitative estimate of drug-likeness (QED) is 0.267. The van der Waals surface area contributed by atoms with Crippen LogP contribution < -0.4 is 0 Å². The molecule has 0 fully saturated rings. The Balaban J connectivity index is 3.94. The van der Waals surface area contributed by atoms with Crippen molar-refractivity contribution < 1.29 is 33.3 Å². The van der Waals surface area contributed by atoms with Crippen LogP contribution in [-0.4, -0.2) is 55.8 Å². The first-order chi connectivity index (χ1) is 9.38. The molecule has 0 radical (unpaired) electrons. The van der Waals surface area contributed by atoms with Crippen LogP contribution in [0, 0.1) is 0 Å². The monoisotopic (exact) mass is 310 g/mol. The van der Waals surface area contributed by atoms with E-state index in [0.29, 0.717) is 12.5 Å². The topological polar surface area (TPSA) is 88.1 Å². The highest BCUT2D eigenvalue weighted by Gasteiger charge is 2.24. The minimum absolute atomic E-state index is 0.0388. The third-order valence-corrected chi connectivity index (χ3v) is 2.15. The first kappa shape index (κ1) is 18.7. The van der Waals surface area contributed by atoms with Gasteiger partial charge in [0.25, 0.3) is 0 Å². The molecule has 0 aromatic carbocycles. The Bertz CT molecular complexity index is 332. The summed E-state index contributed by atoms with van der Waals surface area (Å²) in [6.07, 6.45) is -2.16. The van der Waals surface area contributed by atoms with Crippen LogP contribution in [0.3, 0.4) is 0 Å². The molecule has 20 heavy (non-hydrogen) atoms. The summed E-state index contributed by atoms with van der Waals surface area (Å²) in [4.78, 5) is 33.6. The Morgan fingerprint density at radius 3 is 2.10 bits per heavy atom. The summed E-state index contributed by atoms with van der Waals surface area (Å²) in [5, 5.41) is 0. The highest BCUT2D eigenvalue weighted by atomic mass is 35.5. The van der Waals surface area contributed by atoms with Crippen LogP contribution in [0.25, 0.3) is 0 Å². The van der Waals surface area contributed by atoms with Crippen molar-refractivity contribution in [2.75, 3.05) is 25.7 Å². The van der Waals surface area contributed by atoms with E-state index < -0.39 is 30.1 Å². The van der Waals surface area contributed by atoms with E-state index in [2.05, 4.69) is 4.74 Å². The number of rotatable bonds is 9. The molecule has 0 saturated carbocycles. The molecular formula is C12H19ClO7. The molecule has 0 unspecified atom stereocenters. The van der Waals surface area contributed by atoms with E-state index in [1.54, 1.807) is 0 Å².